The number of hydrogen-bond donors (Lipinski definition) is 0. The number of amidine groups is 1. The molecular weight excluding hydrogens is 387 g/mol. The molecule has 0 aromatic heterocycles. The van der Waals surface area contributed by atoms with Crippen molar-refractivity contribution in [3.63, 3.8) is 0 Å². The molecule has 1 saturated heterocycles. The number of thioether (sulfide) groups is 1. The quantitative estimate of drug-likeness (QED) is 0.611. The van der Waals surface area contributed by atoms with Crippen molar-refractivity contribution < 1.29 is 13.9 Å². The lowest BCUT2D eigenvalue weighted by Crippen LogP contribution is -2.35. The van der Waals surface area contributed by atoms with E-state index in [2.05, 4.69) is 4.99 Å². The molecule has 1 aromatic rings. The Morgan fingerprint density at radius 3 is 3.00 bits per heavy atom. The van der Waals surface area contributed by atoms with E-state index in [1.807, 2.05) is 38.2 Å². The highest BCUT2D eigenvalue weighted by atomic mass is 35.5. The van der Waals surface area contributed by atoms with Gasteiger partial charge in [0, 0.05) is 0 Å². The molecule has 2 aliphatic heterocycles. The van der Waals surface area contributed by atoms with Gasteiger partial charge in [-0.1, -0.05) is 42.4 Å². The zero-order valence-electron chi connectivity index (χ0n) is 15.1. The molecule has 0 aliphatic carbocycles. The first-order valence-corrected chi connectivity index (χ1v) is 9.90. The predicted molar refractivity (Wildman–Crippen MR) is 109 cm³/mol. The third-order valence-electron chi connectivity index (χ3n) is 4.18. The van der Waals surface area contributed by atoms with Gasteiger partial charge in [0.25, 0.3) is 0 Å². The maximum atomic E-state index is 13.3. The molecule has 0 spiro atoms. The summed E-state index contributed by atoms with van der Waals surface area (Å²) in [4.78, 5) is 19.2. The second-order valence-corrected chi connectivity index (χ2v) is 7.75. The normalized spacial score (nSPS) is 22.4. The van der Waals surface area contributed by atoms with Crippen molar-refractivity contribution in [3.8, 4) is 0 Å². The van der Waals surface area contributed by atoms with Gasteiger partial charge in [0.1, 0.15) is 11.6 Å². The minimum Gasteiger partial charge on any atom is -0.468 e. The highest BCUT2D eigenvalue weighted by Crippen LogP contribution is 2.36. The minimum atomic E-state index is -0.428. The van der Waals surface area contributed by atoms with Gasteiger partial charge in [-0.25, -0.2) is 9.38 Å². The highest BCUT2D eigenvalue weighted by molar-refractivity contribution is 8.15. The summed E-state index contributed by atoms with van der Waals surface area (Å²) < 4.78 is 18.8. The number of rotatable bonds is 5. The standard InChI is InChI=1S/C20H20ClFN2O2S/c1-3-6-13(2)18-19(25)24(12-15-7-4-5-10-26-15)20(27-18)23-17-9-8-14(22)11-16(17)21/h3,5-11,13,18H,4,12H2,1-2H3/b6-3-,23-20?. The van der Waals surface area contributed by atoms with Crippen LogP contribution in [0.4, 0.5) is 10.1 Å². The van der Waals surface area contributed by atoms with Crippen LogP contribution in [0, 0.1) is 11.7 Å². The lowest BCUT2D eigenvalue weighted by molar-refractivity contribution is -0.126. The highest BCUT2D eigenvalue weighted by Gasteiger charge is 2.41. The average molecular weight is 407 g/mol. The summed E-state index contributed by atoms with van der Waals surface area (Å²) >= 11 is 7.51. The monoisotopic (exact) mass is 406 g/mol. The number of hydrogen-bond acceptors (Lipinski definition) is 4. The van der Waals surface area contributed by atoms with Gasteiger partial charge >= 0.3 is 0 Å². The lowest BCUT2D eigenvalue weighted by atomic mass is 10.1. The van der Waals surface area contributed by atoms with Gasteiger partial charge in [0.2, 0.25) is 5.91 Å². The summed E-state index contributed by atoms with van der Waals surface area (Å²) in [6, 6.07) is 4.02. The van der Waals surface area contributed by atoms with Crippen LogP contribution < -0.4 is 0 Å². The molecule has 2 atom stereocenters. The minimum absolute atomic E-state index is 0.0263. The summed E-state index contributed by atoms with van der Waals surface area (Å²) in [5, 5.41) is 0.462. The van der Waals surface area contributed by atoms with E-state index in [0.29, 0.717) is 23.2 Å². The fourth-order valence-corrected chi connectivity index (χ4v) is 4.22. The Hall–Kier alpha value is -2.05. The van der Waals surface area contributed by atoms with Gasteiger partial charge in [0.15, 0.2) is 5.17 Å². The van der Waals surface area contributed by atoms with Gasteiger partial charge in [-0.05, 0) is 49.6 Å². The molecule has 2 heterocycles. The number of nitrogens with zero attached hydrogens (tertiary/aromatic N) is 2. The van der Waals surface area contributed by atoms with Crippen molar-refractivity contribution in [2.45, 2.75) is 25.5 Å². The molecule has 3 rings (SSSR count). The van der Waals surface area contributed by atoms with Crippen molar-refractivity contribution >= 4 is 40.1 Å². The van der Waals surface area contributed by atoms with Gasteiger partial charge in [-0.2, -0.15) is 0 Å². The molecule has 0 N–H and O–H groups in total. The second kappa shape index (κ2) is 8.76. The lowest BCUT2D eigenvalue weighted by Gasteiger charge is -2.19. The van der Waals surface area contributed by atoms with Gasteiger partial charge in [0.05, 0.1) is 28.8 Å². The molecule has 0 radical (unpaired) electrons. The number of benzene rings is 1. The summed E-state index contributed by atoms with van der Waals surface area (Å²) in [5.74, 6) is 0.293. The summed E-state index contributed by atoms with van der Waals surface area (Å²) in [5.41, 5.74) is 0.427. The average Bonchev–Trinajstić information content (AvgIpc) is 2.95. The molecular formula is C20H20ClFN2O2S. The Kier molecular flexibility index (Phi) is 6.39. The largest absolute Gasteiger partial charge is 0.468 e. The van der Waals surface area contributed by atoms with E-state index in [1.165, 1.54) is 30.0 Å². The zero-order chi connectivity index (χ0) is 19.4. The number of carbonyl (C=O) groups is 1. The Morgan fingerprint density at radius 1 is 1.52 bits per heavy atom. The number of amides is 1. The van der Waals surface area contributed by atoms with E-state index >= 15 is 0 Å². The molecule has 2 aliphatic rings. The molecule has 2 unspecified atom stereocenters. The summed E-state index contributed by atoms with van der Waals surface area (Å²) in [6.45, 7) is 4.23. The van der Waals surface area contributed by atoms with Crippen molar-refractivity contribution in [2.24, 2.45) is 10.9 Å². The van der Waals surface area contributed by atoms with E-state index in [-0.39, 0.29) is 22.1 Å². The Morgan fingerprint density at radius 2 is 2.33 bits per heavy atom. The molecule has 4 nitrogen and oxygen atoms in total. The first kappa shape index (κ1) is 19.7. The first-order chi connectivity index (χ1) is 13.0. The number of halogens is 2. The predicted octanol–water partition coefficient (Wildman–Crippen LogP) is 5.44. The van der Waals surface area contributed by atoms with Crippen molar-refractivity contribution in [2.75, 3.05) is 6.54 Å². The fraction of sp³-hybridized carbons (Fsp3) is 0.300. The van der Waals surface area contributed by atoms with E-state index in [1.54, 1.807) is 11.2 Å². The third kappa shape index (κ3) is 4.62. The van der Waals surface area contributed by atoms with Gasteiger partial charge in [-0.15, -0.1) is 0 Å². The van der Waals surface area contributed by atoms with Crippen molar-refractivity contribution in [1.82, 2.24) is 4.90 Å². The van der Waals surface area contributed by atoms with Gasteiger partial charge in [-0.3, -0.25) is 9.69 Å². The van der Waals surface area contributed by atoms with Crippen LogP contribution in [0.15, 0.2) is 59.5 Å². The van der Waals surface area contributed by atoms with E-state index < -0.39 is 5.82 Å². The molecule has 1 amide bonds. The zero-order valence-corrected chi connectivity index (χ0v) is 16.6. The number of ether oxygens (including phenoxy) is 1. The Labute approximate surface area is 167 Å². The summed E-state index contributed by atoms with van der Waals surface area (Å²) in [7, 11) is 0. The Bertz CT molecular complexity index is 850. The maximum Gasteiger partial charge on any atom is 0.243 e. The number of carbonyl (C=O) groups excluding carboxylic acids is 1. The summed E-state index contributed by atoms with van der Waals surface area (Å²) in [6.07, 6.45) is 10.2. The molecule has 1 fully saturated rings. The van der Waals surface area contributed by atoms with Crippen LogP contribution in [0.2, 0.25) is 5.02 Å². The maximum absolute atomic E-state index is 13.3. The van der Waals surface area contributed by atoms with Gasteiger partial charge < -0.3 is 4.74 Å². The van der Waals surface area contributed by atoms with Crippen LogP contribution in [0.1, 0.15) is 20.3 Å². The van der Waals surface area contributed by atoms with E-state index in [0.717, 1.165) is 6.42 Å². The topological polar surface area (TPSA) is 41.9 Å². The molecule has 0 saturated carbocycles. The second-order valence-electron chi connectivity index (χ2n) is 6.23. The smallest absolute Gasteiger partial charge is 0.243 e. The van der Waals surface area contributed by atoms with Crippen LogP contribution in [-0.2, 0) is 9.53 Å². The molecule has 1 aromatic carbocycles. The van der Waals surface area contributed by atoms with E-state index in [9.17, 15) is 9.18 Å². The van der Waals surface area contributed by atoms with E-state index in [4.69, 9.17) is 16.3 Å². The first-order valence-electron chi connectivity index (χ1n) is 8.65. The van der Waals surface area contributed by atoms with Crippen LogP contribution in [0.3, 0.4) is 0 Å². The molecule has 27 heavy (non-hydrogen) atoms. The number of aliphatic imine (C=N–C) groups is 1. The SMILES string of the molecule is C/C=C\C(C)C1SC(=Nc2ccc(F)cc2Cl)N(CC2=CCC=CO2)C1=O. The van der Waals surface area contributed by atoms with Crippen LogP contribution in [-0.4, -0.2) is 27.8 Å². The van der Waals surface area contributed by atoms with Crippen LogP contribution >= 0.6 is 23.4 Å². The molecule has 142 valence electrons. The Balaban J connectivity index is 1.92. The van der Waals surface area contributed by atoms with Crippen LogP contribution in [0.5, 0.6) is 0 Å². The molecule has 7 heteroatoms. The van der Waals surface area contributed by atoms with Crippen LogP contribution in [0.25, 0.3) is 0 Å². The fourth-order valence-electron chi connectivity index (χ4n) is 2.82. The third-order valence-corrected chi connectivity index (χ3v) is 5.89. The molecule has 0 bridgehead atoms. The van der Waals surface area contributed by atoms with Crippen molar-refractivity contribution in [1.29, 1.82) is 0 Å². The van der Waals surface area contributed by atoms with Crippen molar-refractivity contribution in [3.05, 3.63) is 65.4 Å². The number of allylic oxidation sites excluding steroid dienone is 4.